The SMILES string of the molecule is CCC(CBr)CSc1nnc2ccccn12. The average molecular weight is 300 g/mol. The van der Waals surface area contributed by atoms with Crippen molar-refractivity contribution in [2.24, 2.45) is 5.92 Å². The third-order valence-corrected chi connectivity index (χ3v) is 4.62. The summed E-state index contributed by atoms with van der Waals surface area (Å²) < 4.78 is 2.03. The van der Waals surface area contributed by atoms with Crippen LogP contribution < -0.4 is 0 Å². The second-order valence-electron chi connectivity index (χ2n) is 3.65. The van der Waals surface area contributed by atoms with Gasteiger partial charge in [0.1, 0.15) is 0 Å². The van der Waals surface area contributed by atoms with E-state index in [9.17, 15) is 0 Å². The number of hydrogen-bond acceptors (Lipinski definition) is 3. The zero-order valence-corrected chi connectivity index (χ0v) is 11.5. The highest BCUT2D eigenvalue weighted by molar-refractivity contribution is 9.09. The topological polar surface area (TPSA) is 30.2 Å². The number of nitrogens with zero attached hydrogens (tertiary/aromatic N) is 3. The molecule has 2 aromatic rings. The fraction of sp³-hybridized carbons (Fsp3) is 0.455. The lowest BCUT2D eigenvalue weighted by molar-refractivity contribution is 0.651. The maximum Gasteiger partial charge on any atom is 0.195 e. The van der Waals surface area contributed by atoms with Crippen LogP contribution in [0.4, 0.5) is 0 Å². The molecule has 0 radical (unpaired) electrons. The first-order chi connectivity index (χ1) is 7.85. The zero-order valence-electron chi connectivity index (χ0n) is 9.14. The number of fused-ring (bicyclic) bond motifs is 1. The largest absolute Gasteiger partial charge is 0.277 e. The summed E-state index contributed by atoms with van der Waals surface area (Å²) in [5.41, 5.74) is 0.914. The van der Waals surface area contributed by atoms with Gasteiger partial charge in [-0.05, 0) is 18.1 Å². The van der Waals surface area contributed by atoms with Crippen LogP contribution in [0.15, 0.2) is 29.6 Å². The van der Waals surface area contributed by atoms with Gasteiger partial charge in [0.2, 0.25) is 0 Å². The van der Waals surface area contributed by atoms with Gasteiger partial charge in [-0.3, -0.25) is 4.40 Å². The maximum atomic E-state index is 4.20. The lowest BCUT2D eigenvalue weighted by Gasteiger charge is -2.08. The highest BCUT2D eigenvalue weighted by Crippen LogP contribution is 2.21. The number of pyridine rings is 1. The minimum Gasteiger partial charge on any atom is -0.277 e. The van der Waals surface area contributed by atoms with Crippen LogP contribution in [0.25, 0.3) is 5.65 Å². The summed E-state index contributed by atoms with van der Waals surface area (Å²) in [6.07, 6.45) is 3.20. The summed E-state index contributed by atoms with van der Waals surface area (Å²) in [6.45, 7) is 2.22. The van der Waals surface area contributed by atoms with E-state index in [0.29, 0.717) is 5.92 Å². The molecule has 0 bridgehead atoms. The minimum absolute atomic E-state index is 0.695. The van der Waals surface area contributed by atoms with Gasteiger partial charge in [0.25, 0.3) is 0 Å². The molecule has 2 heterocycles. The summed E-state index contributed by atoms with van der Waals surface area (Å²) in [5, 5.41) is 10.4. The Kier molecular flexibility index (Phi) is 4.23. The first-order valence-corrected chi connectivity index (χ1v) is 7.44. The van der Waals surface area contributed by atoms with Crippen molar-refractivity contribution in [1.82, 2.24) is 14.6 Å². The summed E-state index contributed by atoms with van der Waals surface area (Å²) in [6, 6.07) is 5.95. The summed E-state index contributed by atoms with van der Waals surface area (Å²) in [7, 11) is 0. The first kappa shape index (κ1) is 11.9. The molecule has 0 aliphatic carbocycles. The van der Waals surface area contributed by atoms with Crippen molar-refractivity contribution in [3.05, 3.63) is 24.4 Å². The van der Waals surface area contributed by atoms with Gasteiger partial charge in [-0.2, -0.15) is 0 Å². The van der Waals surface area contributed by atoms with Crippen LogP contribution >= 0.6 is 27.7 Å². The molecule has 2 aromatic heterocycles. The average Bonchev–Trinajstić information content (AvgIpc) is 2.74. The van der Waals surface area contributed by atoms with Gasteiger partial charge in [-0.1, -0.05) is 47.1 Å². The van der Waals surface area contributed by atoms with E-state index in [0.717, 1.165) is 21.9 Å². The first-order valence-electron chi connectivity index (χ1n) is 5.33. The van der Waals surface area contributed by atoms with E-state index in [-0.39, 0.29) is 0 Å². The van der Waals surface area contributed by atoms with Gasteiger partial charge in [-0.15, -0.1) is 10.2 Å². The summed E-state index contributed by atoms with van der Waals surface area (Å²) >= 11 is 5.31. The van der Waals surface area contributed by atoms with Gasteiger partial charge in [0, 0.05) is 17.3 Å². The van der Waals surface area contributed by atoms with Crippen molar-refractivity contribution in [2.45, 2.75) is 18.5 Å². The van der Waals surface area contributed by atoms with Crippen molar-refractivity contribution in [3.63, 3.8) is 0 Å². The number of rotatable bonds is 5. The predicted octanol–water partition coefficient (Wildman–Crippen LogP) is 3.24. The molecule has 3 nitrogen and oxygen atoms in total. The molecule has 0 amide bonds. The molecule has 0 aliphatic heterocycles. The predicted molar refractivity (Wildman–Crippen MR) is 71.3 cm³/mol. The summed E-state index contributed by atoms with van der Waals surface area (Å²) in [5.74, 6) is 1.78. The van der Waals surface area contributed by atoms with Crippen molar-refractivity contribution in [1.29, 1.82) is 0 Å². The van der Waals surface area contributed by atoms with E-state index in [1.165, 1.54) is 6.42 Å². The van der Waals surface area contributed by atoms with Crippen LogP contribution in [-0.2, 0) is 0 Å². The van der Waals surface area contributed by atoms with Crippen LogP contribution in [0.1, 0.15) is 13.3 Å². The number of aromatic nitrogens is 3. The van der Waals surface area contributed by atoms with Crippen molar-refractivity contribution in [2.75, 3.05) is 11.1 Å². The molecule has 0 saturated carbocycles. The fourth-order valence-electron chi connectivity index (χ4n) is 1.38. The molecule has 1 unspecified atom stereocenters. The van der Waals surface area contributed by atoms with Crippen molar-refractivity contribution < 1.29 is 0 Å². The molecule has 0 spiro atoms. The molecule has 1 atom stereocenters. The Labute approximate surface area is 108 Å². The van der Waals surface area contributed by atoms with E-state index in [2.05, 4.69) is 33.1 Å². The van der Waals surface area contributed by atoms with Gasteiger partial charge >= 0.3 is 0 Å². The molecule has 0 aromatic carbocycles. The van der Waals surface area contributed by atoms with Crippen molar-refractivity contribution >= 4 is 33.3 Å². The molecular weight excluding hydrogens is 286 g/mol. The zero-order chi connectivity index (χ0) is 11.4. The number of hydrogen-bond donors (Lipinski definition) is 0. The van der Waals surface area contributed by atoms with Crippen LogP contribution in [-0.4, -0.2) is 25.7 Å². The minimum atomic E-state index is 0.695. The third kappa shape index (κ3) is 2.58. The number of alkyl halides is 1. The van der Waals surface area contributed by atoms with Crippen LogP contribution in [0.2, 0.25) is 0 Å². The maximum absolute atomic E-state index is 4.20. The van der Waals surface area contributed by atoms with E-state index < -0.39 is 0 Å². The van der Waals surface area contributed by atoms with Gasteiger partial charge in [0.05, 0.1) is 0 Å². The molecule has 86 valence electrons. The standard InChI is InChI=1S/C11H14BrN3S/c1-2-9(7-12)8-16-11-14-13-10-5-3-4-6-15(10)11/h3-6,9H,2,7-8H2,1H3. The third-order valence-electron chi connectivity index (χ3n) is 2.53. The molecule has 5 heteroatoms. The molecular formula is C11H14BrN3S. The molecule has 0 aliphatic rings. The second kappa shape index (κ2) is 5.68. The number of thioether (sulfide) groups is 1. The van der Waals surface area contributed by atoms with Crippen LogP contribution in [0, 0.1) is 5.92 Å². The summed E-state index contributed by atoms with van der Waals surface area (Å²) in [4.78, 5) is 0. The van der Waals surface area contributed by atoms with E-state index >= 15 is 0 Å². The second-order valence-corrected chi connectivity index (χ2v) is 5.29. The Morgan fingerprint density at radius 3 is 3.06 bits per heavy atom. The molecule has 0 fully saturated rings. The normalized spacial score (nSPS) is 13.1. The molecule has 0 saturated heterocycles. The van der Waals surface area contributed by atoms with Gasteiger partial charge in [-0.25, -0.2) is 0 Å². The Hall–Kier alpha value is -0.550. The quantitative estimate of drug-likeness (QED) is 0.627. The van der Waals surface area contributed by atoms with Gasteiger partial charge < -0.3 is 0 Å². The highest BCUT2D eigenvalue weighted by atomic mass is 79.9. The lowest BCUT2D eigenvalue weighted by Crippen LogP contribution is -2.03. The monoisotopic (exact) mass is 299 g/mol. The smallest absolute Gasteiger partial charge is 0.195 e. The highest BCUT2D eigenvalue weighted by Gasteiger charge is 2.09. The molecule has 16 heavy (non-hydrogen) atoms. The Morgan fingerprint density at radius 1 is 1.44 bits per heavy atom. The van der Waals surface area contributed by atoms with E-state index in [1.54, 1.807) is 11.8 Å². The lowest BCUT2D eigenvalue weighted by atomic mass is 10.2. The number of halogens is 1. The molecule has 0 N–H and O–H groups in total. The van der Waals surface area contributed by atoms with Crippen LogP contribution in [0.3, 0.4) is 0 Å². The van der Waals surface area contributed by atoms with Crippen molar-refractivity contribution in [3.8, 4) is 0 Å². The Morgan fingerprint density at radius 2 is 2.31 bits per heavy atom. The van der Waals surface area contributed by atoms with Gasteiger partial charge in [0.15, 0.2) is 10.8 Å². The van der Waals surface area contributed by atoms with Crippen LogP contribution in [0.5, 0.6) is 0 Å². The van der Waals surface area contributed by atoms with E-state index in [1.807, 2.05) is 28.8 Å². The fourth-order valence-corrected chi connectivity index (χ4v) is 3.50. The van der Waals surface area contributed by atoms with E-state index in [4.69, 9.17) is 0 Å². The molecule has 2 rings (SSSR count). The Bertz CT molecular complexity index is 453. The Balaban J connectivity index is 2.09.